The summed E-state index contributed by atoms with van der Waals surface area (Å²) in [5.41, 5.74) is 0.234. The van der Waals surface area contributed by atoms with Gasteiger partial charge in [0, 0.05) is 0 Å². The maximum Gasteiger partial charge on any atom is 0.312 e. The minimum Gasteiger partial charge on any atom is -0.465 e. The van der Waals surface area contributed by atoms with Crippen molar-refractivity contribution in [2.24, 2.45) is 28.6 Å². The Kier molecular flexibility index (Phi) is 3.19. The van der Waals surface area contributed by atoms with Crippen molar-refractivity contribution in [1.29, 1.82) is 0 Å². The first-order valence-electron chi connectivity index (χ1n) is 8.44. The molecule has 6 heteroatoms. The van der Waals surface area contributed by atoms with Gasteiger partial charge in [0.2, 0.25) is 0 Å². The third kappa shape index (κ3) is 2.21. The van der Waals surface area contributed by atoms with Crippen LogP contribution in [-0.4, -0.2) is 31.3 Å². The molecule has 0 aliphatic heterocycles. The fraction of sp³-hybridized carbons (Fsp3) is 0.938. The molecule has 5 unspecified atom stereocenters. The van der Waals surface area contributed by atoms with Gasteiger partial charge in [0.1, 0.15) is 0 Å². The van der Waals surface area contributed by atoms with Crippen molar-refractivity contribution < 1.29 is 22.5 Å². The Bertz CT molecular complexity index is 598. The molecule has 5 aliphatic carbocycles. The van der Waals surface area contributed by atoms with Crippen molar-refractivity contribution in [3.8, 4) is 0 Å². The minimum absolute atomic E-state index is 0.0431. The van der Waals surface area contributed by atoms with E-state index < -0.39 is 10.1 Å². The Labute approximate surface area is 131 Å². The predicted octanol–water partition coefficient (Wildman–Crippen LogP) is 2.41. The average Bonchev–Trinajstić information content (AvgIpc) is 2.53. The van der Waals surface area contributed by atoms with Crippen molar-refractivity contribution >= 4 is 16.1 Å². The summed E-state index contributed by atoms with van der Waals surface area (Å²) < 4.78 is 35.5. The third-order valence-electron chi connectivity index (χ3n) is 6.80. The lowest BCUT2D eigenvalue weighted by Crippen LogP contribution is -2.52. The summed E-state index contributed by atoms with van der Waals surface area (Å²) in [6, 6.07) is 0. The molecule has 5 aliphatic rings. The van der Waals surface area contributed by atoms with E-state index in [0.29, 0.717) is 18.3 Å². The number of unbranched alkanes of at least 4 members (excludes halogenated alkanes) is 1. The average molecular weight is 328 g/mol. The van der Waals surface area contributed by atoms with Gasteiger partial charge in [-0.3, -0.25) is 9.35 Å². The van der Waals surface area contributed by atoms with Crippen LogP contribution >= 0.6 is 0 Å². The normalized spacial score (nSPS) is 44.7. The van der Waals surface area contributed by atoms with Crippen molar-refractivity contribution in [2.45, 2.75) is 51.4 Å². The van der Waals surface area contributed by atoms with E-state index in [1.165, 1.54) is 19.3 Å². The minimum atomic E-state index is -3.90. The highest BCUT2D eigenvalue weighted by Gasteiger charge is 2.72. The van der Waals surface area contributed by atoms with Crippen LogP contribution in [0.25, 0.3) is 0 Å². The molecule has 4 bridgehead atoms. The molecular weight excluding hydrogens is 304 g/mol. The Morgan fingerprint density at radius 1 is 1.18 bits per heavy atom. The highest BCUT2D eigenvalue weighted by molar-refractivity contribution is 7.85. The highest BCUT2D eigenvalue weighted by atomic mass is 32.2. The van der Waals surface area contributed by atoms with Crippen molar-refractivity contribution in [2.75, 3.05) is 12.4 Å². The molecule has 5 nitrogen and oxygen atoms in total. The molecule has 1 N–H and O–H groups in total. The lowest BCUT2D eigenvalue weighted by atomic mass is 9.44. The van der Waals surface area contributed by atoms with Crippen LogP contribution in [0.2, 0.25) is 0 Å². The highest BCUT2D eigenvalue weighted by Crippen LogP contribution is 2.78. The van der Waals surface area contributed by atoms with Crippen molar-refractivity contribution in [3.05, 3.63) is 0 Å². The van der Waals surface area contributed by atoms with Crippen LogP contribution in [0.15, 0.2) is 0 Å². The zero-order valence-corrected chi connectivity index (χ0v) is 13.6. The molecule has 0 aromatic rings. The Morgan fingerprint density at radius 3 is 2.77 bits per heavy atom. The number of rotatable bonds is 6. The number of fused-ring (bicyclic) bond motifs is 1. The molecule has 124 valence electrons. The SMILES string of the molecule is O=C(OCCCCS(=O)(=O)O)C12CC3CC4CC(C3)(C1)C4C2. The van der Waals surface area contributed by atoms with Gasteiger partial charge < -0.3 is 4.74 Å². The van der Waals surface area contributed by atoms with Gasteiger partial charge >= 0.3 is 5.97 Å². The molecule has 0 radical (unpaired) electrons. The summed E-state index contributed by atoms with van der Waals surface area (Å²) in [6.45, 7) is 0.266. The summed E-state index contributed by atoms with van der Waals surface area (Å²) in [7, 11) is -3.90. The zero-order chi connectivity index (χ0) is 15.6. The van der Waals surface area contributed by atoms with Gasteiger partial charge in [-0.05, 0) is 74.5 Å². The van der Waals surface area contributed by atoms with E-state index in [9.17, 15) is 13.2 Å². The molecule has 0 heterocycles. The standard InChI is InChI=1S/C16H24O5S/c17-14(21-3-1-2-4-22(18,19)20)16-7-11-5-12-8-15(6-11,10-16)13(12)9-16/h11-13H,1-10H2,(H,18,19,20). The summed E-state index contributed by atoms with van der Waals surface area (Å²) in [6.07, 6.45) is 7.86. The molecule has 5 rings (SSSR count). The molecule has 5 atom stereocenters. The van der Waals surface area contributed by atoms with Crippen LogP contribution in [-0.2, 0) is 19.6 Å². The van der Waals surface area contributed by atoms with E-state index >= 15 is 0 Å². The van der Waals surface area contributed by atoms with Gasteiger partial charge in [-0.25, -0.2) is 0 Å². The second-order valence-electron chi connectivity index (χ2n) is 8.23. The second kappa shape index (κ2) is 4.69. The van der Waals surface area contributed by atoms with Crippen LogP contribution in [0.1, 0.15) is 51.4 Å². The molecule has 0 aromatic heterocycles. The molecule has 5 saturated carbocycles. The van der Waals surface area contributed by atoms with Crippen molar-refractivity contribution in [1.82, 2.24) is 0 Å². The third-order valence-corrected chi connectivity index (χ3v) is 7.60. The first-order valence-corrected chi connectivity index (χ1v) is 10.1. The first-order chi connectivity index (χ1) is 10.3. The van der Waals surface area contributed by atoms with Crippen LogP contribution in [0.3, 0.4) is 0 Å². The van der Waals surface area contributed by atoms with Gasteiger partial charge in [-0.2, -0.15) is 8.42 Å². The van der Waals surface area contributed by atoms with Gasteiger partial charge in [-0.1, -0.05) is 0 Å². The van der Waals surface area contributed by atoms with Gasteiger partial charge in [0.05, 0.1) is 17.8 Å². The fourth-order valence-electron chi connectivity index (χ4n) is 6.36. The van der Waals surface area contributed by atoms with E-state index in [1.807, 2.05) is 0 Å². The molecule has 0 amide bonds. The summed E-state index contributed by atoms with van der Waals surface area (Å²) >= 11 is 0. The van der Waals surface area contributed by atoms with E-state index in [0.717, 1.165) is 37.0 Å². The van der Waals surface area contributed by atoms with Crippen LogP contribution in [0.4, 0.5) is 0 Å². The fourth-order valence-corrected chi connectivity index (χ4v) is 6.93. The largest absolute Gasteiger partial charge is 0.465 e. The van der Waals surface area contributed by atoms with Crippen LogP contribution < -0.4 is 0 Å². The molecule has 0 saturated heterocycles. The van der Waals surface area contributed by atoms with Gasteiger partial charge in [0.15, 0.2) is 0 Å². The van der Waals surface area contributed by atoms with Crippen LogP contribution in [0, 0.1) is 28.6 Å². The van der Waals surface area contributed by atoms with Gasteiger partial charge in [-0.15, -0.1) is 0 Å². The summed E-state index contributed by atoms with van der Waals surface area (Å²) in [5, 5.41) is 0. The first kappa shape index (κ1) is 14.9. The quantitative estimate of drug-likeness (QED) is 0.460. The number of esters is 1. The number of carbonyl (C=O) groups excluding carboxylic acids is 1. The number of carbonyl (C=O) groups is 1. The van der Waals surface area contributed by atoms with Gasteiger partial charge in [0.25, 0.3) is 10.1 Å². The Balaban J connectivity index is 1.32. The number of hydrogen-bond donors (Lipinski definition) is 1. The number of hydrogen-bond acceptors (Lipinski definition) is 4. The van der Waals surface area contributed by atoms with E-state index in [-0.39, 0.29) is 23.7 Å². The maximum atomic E-state index is 12.6. The Hall–Kier alpha value is -0.620. The van der Waals surface area contributed by atoms with Crippen molar-refractivity contribution in [3.63, 3.8) is 0 Å². The Morgan fingerprint density at radius 2 is 2.00 bits per heavy atom. The summed E-state index contributed by atoms with van der Waals surface area (Å²) in [4.78, 5) is 12.6. The second-order valence-corrected chi connectivity index (χ2v) is 9.81. The topological polar surface area (TPSA) is 80.7 Å². The molecule has 1 spiro atoms. The monoisotopic (exact) mass is 328 g/mol. The van der Waals surface area contributed by atoms with E-state index in [4.69, 9.17) is 9.29 Å². The molecule has 22 heavy (non-hydrogen) atoms. The van der Waals surface area contributed by atoms with E-state index in [2.05, 4.69) is 0 Å². The lowest BCUT2D eigenvalue weighted by molar-refractivity contribution is -0.163. The predicted molar refractivity (Wildman–Crippen MR) is 79.6 cm³/mol. The molecule has 5 fully saturated rings. The van der Waals surface area contributed by atoms with E-state index in [1.54, 1.807) is 0 Å². The smallest absolute Gasteiger partial charge is 0.312 e. The molecule has 0 aromatic carbocycles. The van der Waals surface area contributed by atoms with Crippen LogP contribution in [0.5, 0.6) is 0 Å². The maximum absolute atomic E-state index is 12.6. The molecular formula is C16H24O5S. The zero-order valence-electron chi connectivity index (χ0n) is 12.8. The number of ether oxygens (including phenoxy) is 1. The lowest BCUT2D eigenvalue weighted by Gasteiger charge is -2.60. The summed E-state index contributed by atoms with van der Waals surface area (Å²) in [5.74, 6) is 2.05.